The molecular formula is C21H22N6O. The van der Waals surface area contributed by atoms with Crippen molar-refractivity contribution in [2.45, 2.75) is 20.5 Å². The highest BCUT2D eigenvalue weighted by Crippen LogP contribution is 2.31. The maximum atomic E-state index is 5.99. The molecule has 0 unspecified atom stereocenters. The largest absolute Gasteiger partial charge is 0.472 e. The van der Waals surface area contributed by atoms with Gasteiger partial charge in [0.2, 0.25) is 5.88 Å². The second kappa shape index (κ2) is 7.19. The van der Waals surface area contributed by atoms with Crippen LogP contribution < -0.4 is 9.75 Å². The summed E-state index contributed by atoms with van der Waals surface area (Å²) in [6, 6.07) is 16.1. The van der Waals surface area contributed by atoms with E-state index in [2.05, 4.69) is 41.2 Å². The Morgan fingerprint density at radius 2 is 1.79 bits per heavy atom. The van der Waals surface area contributed by atoms with Gasteiger partial charge >= 0.3 is 0 Å². The third-order valence-electron chi connectivity index (χ3n) is 4.72. The normalized spacial score (nSPS) is 13.5. The molecule has 7 nitrogen and oxygen atoms in total. The van der Waals surface area contributed by atoms with Crippen molar-refractivity contribution in [3.63, 3.8) is 0 Å². The number of hydrogen-bond donors (Lipinski definition) is 0. The molecule has 1 aromatic heterocycles. The molecule has 1 aliphatic rings. The van der Waals surface area contributed by atoms with Crippen molar-refractivity contribution in [2.75, 3.05) is 12.1 Å². The van der Waals surface area contributed by atoms with Crippen LogP contribution in [0.4, 0.5) is 5.69 Å². The van der Waals surface area contributed by atoms with Gasteiger partial charge in [-0.25, -0.2) is 9.69 Å². The van der Waals surface area contributed by atoms with Crippen LogP contribution in [-0.2, 0) is 6.61 Å². The zero-order valence-corrected chi connectivity index (χ0v) is 16.2. The first-order valence-corrected chi connectivity index (χ1v) is 9.01. The molecule has 0 bridgehead atoms. The van der Waals surface area contributed by atoms with Gasteiger partial charge in [0.1, 0.15) is 12.4 Å². The van der Waals surface area contributed by atoms with E-state index in [-0.39, 0.29) is 0 Å². The summed E-state index contributed by atoms with van der Waals surface area (Å²) in [5.74, 6) is 1.25. The van der Waals surface area contributed by atoms with E-state index < -0.39 is 0 Å². The number of ether oxygens (including phenoxy) is 1. The third-order valence-corrected chi connectivity index (χ3v) is 4.72. The van der Waals surface area contributed by atoms with Gasteiger partial charge in [-0.1, -0.05) is 36.4 Å². The Labute approximate surface area is 164 Å². The minimum Gasteiger partial charge on any atom is -0.472 e. The highest BCUT2D eigenvalue weighted by molar-refractivity contribution is 5.59. The lowest BCUT2D eigenvalue weighted by Crippen LogP contribution is -2.20. The molecule has 2 aromatic carbocycles. The maximum Gasteiger partial charge on any atom is 0.233 e. The standard InChI is InChI=1S/C21H22N6O/c1-15-8-10-18(11-9-15)26-13-12-21(22-26)28-14-19-16(2)6-5-7-20(19)27-17(3)25(4)23-24-27/h5-13H,3,14H2,1-2,4H3. The molecule has 1 aliphatic heterocycles. The molecule has 0 amide bonds. The number of aryl methyl sites for hydroxylation is 2. The van der Waals surface area contributed by atoms with Crippen molar-refractivity contribution in [3.05, 3.63) is 83.8 Å². The Kier molecular flexibility index (Phi) is 4.57. The van der Waals surface area contributed by atoms with Crippen LogP contribution in [0.15, 0.2) is 77.6 Å². The Hall–Kier alpha value is -3.61. The highest BCUT2D eigenvalue weighted by atomic mass is 16.5. The van der Waals surface area contributed by atoms with Crippen LogP contribution in [0.2, 0.25) is 0 Å². The average Bonchev–Trinajstić information content (AvgIpc) is 3.29. The molecule has 0 atom stereocenters. The summed E-state index contributed by atoms with van der Waals surface area (Å²) in [5.41, 5.74) is 5.23. The Bertz CT molecular complexity index is 1040. The maximum absolute atomic E-state index is 5.99. The summed E-state index contributed by atoms with van der Waals surface area (Å²) in [6.45, 7) is 8.52. The van der Waals surface area contributed by atoms with E-state index in [1.807, 2.05) is 56.6 Å². The first-order valence-electron chi connectivity index (χ1n) is 9.01. The second-order valence-electron chi connectivity index (χ2n) is 6.73. The van der Waals surface area contributed by atoms with E-state index in [9.17, 15) is 0 Å². The molecule has 0 radical (unpaired) electrons. The molecule has 4 rings (SSSR count). The zero-order valence-electron chi connectivity index (χ0n) is 16.2. The van der Waals surface area contributed by atoms with E-state index in [0.29, 0.717) is 18.3 Å². The topological polar surface area (TPSA) is 58.3 Å². The van der Waals surface area contributed by atoms with Gasteiger partial charge in [-0.15, -0.1) is 5.10 Å². The van der Waals surface area contributed by atoms with Crippen LogP contribution >= 0.6 is 0 Å². The lowest BCUT2D eigenvalue weighted by atomic mass is 10.1. The van der Waals surface area contributed by atoms with Gasteiger partial charge in [0.15, 0.2) is 0 Å². The number of rotatable bonds is 5. The minimum atomic E-state index is 0.371. The van der Waals surface area contributed by atoms with E-state index >= 15 is 0 Å². The Balaban J connectivity index is 1.54. The van der Waals surface area contributed by atoms with Gasteiger partial charge in [-0.3, -0.25) is 0 Å². The van der Waals surface area contributed by atoms with Crippen molar-refractivity contribution < 1.29 is 4.74 Å². The molecule has 2 heterocycles. The Morgan fingerprint density at radius 3 is 2.50 bits per heavy atom. The van der Waals surface area contributed by atoms with Crippen molar-refractivity contribution in [3.8, 4) is 11.6 Å². The fraction of sp³-hybridized carbons (Fsp3) is 0.190. The zero-order chi connectivity index (χ0) is 19.7. The van der Waals surface area contributed by atoms with Crippen LogP contribution in [0.1, 0.15) is 16.7 Å². The minimum absolute atomic E-state index is 0.371. The van der Waals surface area contributed by atoms with Crippen molar-refractivity contribution in [2.24, 2.45) is 10.4 Å². The molecule has 0 spiro atoms. The first-order chi connectivity index (χ1) is 13.5. The molecular weight excluding hydrogens is 352 g/mol. The van der Waals surface area contributed by atoms with Crippen LogP contribution in [0, 0.1) is 13.8 Å². The van der Waals surface area contributed by atoms with Crippen molar-refractivity contribution >= 4 is 5.69 Å². The smallest absolute Gasteiger partial charge is 0.233 e. The first kappa shape index (κ1) is 17.8. The van der Waals surface area contributed by atoms with Crippen molar-refractivity contribution in [1.29, 1.82) is 0 Å². The lowest BCUT2D eigenvalue weighted by Gasteiger charge is -2.20. The summed E-state index contributed by atoms with van der Waals surface area (Å²) >= 11 is 0. The highest BCUT2D eigenvalue weighted by Gasteiger charge is 2.23. The third kappa shape index (κ3) is 3.34. The number of hydrogen-bond acceptors (Lipinski definition) is 6. The molecule has 28 heavy (non-hydrogen) atoms. The molecule has 0 aliphatic carbocycles. The van der Waals surface area contributed by atoms with Gasteiger partial charge < -0.3 is 4.74 Å². The van der Waals surface area contributed by atoms with Gasteiger partial charge in [0, 0.05) is 24.9 Å². The monoisotopic (exact) mass is 374 g/mol. The summed E-state index contributed by atoms with van der Waals surface area (Å²) in [4.78, 5) is 0. The van der Waals surface area contributed by atoms with Crippen LogP contribution in [0.25, 0.3) is 5.69 Å². The van der Waals surface area contributed by atoms with E-state index in [0.717, 1.165) is 22.5 Å². The molecule has 0 saturated heterocycles. The fourth-order valence-corrected chi connectivity index (χ4v) is 2.97. The van der Waals surface area contributed by atoms with Crippen LogP contribution in [0.3, 0.4) is 0 Å². The van der Waals surface area contributed by atoms with Gasteiger partial charge in [-0.2, -0.15) is 5.01 Å². The average molecular weight is 374 g/mol. The van der Waals surface area contributed by atoms with Gasteiger partial charge in [0.25, 0.3) is 0 Å². The van der Waals surface area contributed by atoms with E-state index in [1.54, 1.807) is 14.7 Å². The fourth-order valence-electron chi connectivity index (χ4n) is 2.97. The Morgan fingerprint density at radius 1 is 1.00 bits per heavy atom. The number of benzene rings is 2. The molecule has 3 aromatic rings. The predicted octanol–water partition coefficient (Wildman–Crippen LogP) is 4.57. The number of aromatic nitrogens is 2. The number of anilines is 1. The van der Waals surface area contributed by atoms with Crippen LogP contribution in [0.5, 0.6) is 5.88 Å². The van der Waals surface area contributed by atoms with Gasteiger partial charge in [-0.05, 0) is 48.1 Å². The van der Waals surface area contributed by atoms with E-state index in [4.69, 9.17) is 4.74 Å². The predicted molar refractivity (Wildman–Crippen MR) is 108 cm³/mol. The summed E-state index contributed by atoms with van der Waals surface area (Å²) in [5, 5.41) is 16.1. The molecule has 7 heteroatoms. The molecule has 0 fully saturated rings. The molecule has 0 N–H and O–H groups in total. The van der Waals surface area contributed by atoms with Crippen LogP contribution in [-0.4, -0.2) is 21.8 Å². The summed E-state index contributed by atoms with van der Waals surface area (Å²) in [7, 11) is 1.81. The summed E-state index contributed by atoms with van der Waals surface area (Å²) < 4.78 is 7.79. The SMILES string of the molecule is C=C1N(C)N=NN1c1cccc(C)c1COc1ccn(-c2ccc(C)cc2)n1. The summed E-state index contributed by atoms with van der Waals surface area (Å²) in [6.07, 6.45) is 1.89. The number of nitrogens with zero attached hydrogens (tertiary/aromatic N) is 6. The molecule has 142 valence electrons. The quantitative estimate of drug-likeness (QED) is 0.656. The van der Waals surface area contributed by atoms with E-state index in [1.165, 1.54) is 5.56 Å². The van der Waals surface area contributed by atoms with Crippen molar-refractivity contribution in [1.82, 2.24) is 14.8 Å². The van der Waals surface area contributed by atoms with Gasteiger partial charge in [0.05, 0.1) is 11.4 Å². The lowest BCUT2D eigenvalue weighted by molar-refractivity contribution is 0.291. The molecule has 0 saturated carbocycles. The second-order valence-corrected chi connectivity index (χ2v) is 6.73.